The van der Waals surface area contributed by atoms with Gasteiger partial charge in [0.25, 0.3) is 0 Å². The van der Waals surface area contributed by atoms with Gasteiger partial charge in [0, 0.05) is 41.5 Å². The molecule has 0 aromatic heterocycles. The molecule has 1 heterocycles. The summed E-state index contributed by atoms with van der Waals surface area (Å²) < 4.78 is 1.14. The van der Waals surface area contributed by atoms with E-state index in [1.165, 1.54) is 0 Å². The normalized spacial score (nSPS) is 20.1. The number of benzene rings is 1. The second kappa shape index (κ2) is 8.46. The Labute approximate surface area is 162 Å². The summed E-state index contributed by atoms with van der Waals surface area (Å²) in [6, 6.07) is 8.09. The van der Waals surface area contributed by atoms with Gasteiger partial charge in [0.2, 0.25) is 11.8 Å². The first-order valence-corrected chi connectivity index (χ1v) is 9.91. The summed E-state index contributed by atoms with van der Waals surface area (Å²) >= 11 is 2.24. The van der Waals surface area contributed by atoms with Gasteiger partial charge < -0.3 is 10.6 Å². The minimum absolute atomic E-state index is 0.00850. The van der Waals surface area contributed by atoms with Crippen LogP contribution in [0.25, 0.3) is 0 Å². The predicted octanol–water partition coefficient (Wildman–Crippen LogP) is 1.51. The van der Waals surface area contributed by atoms with Gasteiger partial charge in [-0.3, -0.25) is 19.4 Å². The van der Waals surface area contributed by atoms with Crippen molar-refractivity contribution >= 4 is 40.1 Å². The number of hydrogen-bond acceptors (Lipinski definition) is 4. The third-order valence-electron chi connectivity index (χ3n) is 4.75. The fourth-order valence-electron chi connectivity index (χ4n) is 2.96. The Kier molecular flexibility index (Phi) is 6.29. The maximum atomic E-state index is 12.2. The van der Waals surface area contributed by atoms with E-state index < -0.39 is 0 Å². The summed E-state index contributed by atoms with van der Waals surface area (Å²) in [5.41, 5.74) is 0.828. The monoisotopic (exact) mass is 456 g/mol. The summed E-state index contributed by atoms with van der Waals surface area (Å²) in [6.07, 6.45) is 2.23. The van der Waals surface area contributed by atoms with Gasteiger partial charge in [0.05, 0.1) is 12.6 Å². The number of carbonyl (C=O) groups excluding carboxylic acids is 2. The molecule has 7 heteroatoms. The van der Waals surface area contributed by atoms with Gasteiger partial charge in [-0.1, -0.05) is 0 Å². The van der Waals surface area contributed by atoms with E-state index in [0.717, 1.165) is 48.3 Å². The molecule has 6 nitrogen and oxygen atoms in total. The van der Waals surface area contributed by atoms with E-state index in [9.17, 15) is 9.59 Å². The molecule has 2 N–H and O–H groups in total. The van der Waals surface area contributed by atoms with Crippen molar-refractivity contribution in [2.24, 2.45) is 0 Å². The van der Waals surface area contributed by atoms with Crippen LogP contribution in [0.4, 0.5) is 5.69 Å². The standard InChI is InChI=1S/C18H25IN4O2/c1-13(18(25)21-16-6-7-16)23-10-8-22(9-11-23)12-17(24)20-15-4-2-14(19)3-5-15/h2-5,13,16H,6-12H2,1H3,(H,20,24)(H,21,25). The zero-order valence-electron chi connectivity index (χ0n) is 14.5. The lowest BCUT2D eigenvalue weighted by Gasteiger charge is -2.37. The van der Waals surface area contributed by atoms with E-state index in [-0.39, 0.29) is 17.9 Å². The number of carbonyl (C=O) groups is 2. The second-order valence-electron chi connectivity index (χ2n) is 6.83. The highest BCUT2D eigenvalue weighted by molar-refractivity contribution is 14.1. The van der Waals surface area contributed by atoms with Crippen LogP contribution in [0.2, 0.25) is 0 Å². The molecular weight excluding hydrogens is 431 g/mol. The first-order valence-electron chi connectivity index (χ1n) is 8.83. The summed E-state index contributed by atoms with van der Waals surface area (Å²) in [6.45, 7) is 5.60. The van der Waals surface area contributed by atoms with E-state index in [0.29, 0.717) is 12.6 Å². The molecule has 1 aromatic carbocycles. The maximum absolute atomic E-state index is 12.2. The number of nitrogens with one attached hydrogen (secondary N) is 2. The van der Waals surface area contributed by atoms with Gasteiger partial charge in [-0.25, -0.2) is 0 Å². The summed E-state index contributed by atoms with van der Waals surface area (Å²) in [5.74, 6) is 0.140. The number of amides is 2. The fraction of sp³-hybridized carbons (Fsp3) is 0.556. The molecule has 1 aliphatic heterocycles. The third-order valence-corrected chi connectivity index (χ3v) is 5.47. The van der Waals surface area contributed by atoms with Crippen molar-refractivity contribution < 1.29 is 9.59 Å². The minimum Gasteiger partial charge on any atom is -0.352 e. The quantitative estimate of drug-likeness (QED) is 0.638. The largest absolute Gasteiger partial charge is 0.352 e. The highest BCUT2D eigenvalue weighted by Gasteiger charge is 2.30. The van der Waals surface area contributed by atoms with Gasteiger partial charge >= 0.3 is 0 Å². The average Bonchev–Trinajstić information content (AvgIpc) is 3.41. The van der Waals surface area contributed by atoms with E-state index in [1.54, 1.807) is 0 Å². The Balaban J connectivity index is 1.40. The number of nitrogens with zero attached hydrogens (tertiary/aromatic N) is 2. The highest BCUT2D eigenvalue weighted by atomic mass is 127. The van der Waals surface area contributed by atoms with Crippen LogP contribution in [0.1, 0.15) is 19.8 Å². The SMILES string of the molecule is CC(C(=O)NC1CC1)N1CCN(CC(=O)Nc2ccc(I)cc2)CC1. The first kappa shape index (κ1) is 18.6. The van der Waals surface area contributed by atoms with Gasteiger partial charge in [0.1, 0.15) is 0 Å². The molecular formula is C18H25IN4O2. The average molecular weight is 456 g/mol. The number of piperazine rings is 1. The Morgan fingerprint density at radius 3 is 2.40 bits per heavy atom. The third kappa shape index (κ3) is 5.65. The highest BCUT2D eigenvalue weighted by Crippen LogP contribution is 2.19. The van der Waals surface area contributed by atoms with Crippen LogP contribution in [0.5, 0.6) is 0 Å². The Hall–Kier alpha value is -1.19. The number of rotatable bonds is 6. The van der Waals surface area contributed by atoms with Crippen molar-refractivity contribution in [2.75, 3.05) is 38.0 Å². The first-order chi connectivity index (χ1) is 12.0. The Morgan fingerprint density at radius 1 is 1.16 bits per heavy atom. The smallest absolute Gasteiger partial charge is 0.238 e. The van der Waals surface area contributed by atoms with E-state index >= 15 is 0 Å². The molecule has 0 radical (unpaired) electrons. The molecule has 1 aromatic rings. The summed E-state index contributed by atoms with van der Waals surface area (Å²) in [4.78, 5) is 28.7. The molecule has 1 aliphatic carbocycles. The molecule has 25 heavy (non-hydrogen) atoms. The zero-order chi connectivity index (χ0) is 17.8. The molecule has 2 fully saturated rings. The van der Waals surface area contributed by atoms with Crippen LogP contribution in [0, 0.1) is 3.57 Å². The zero-order valence-corrected chi connectivity index (χ0v) is 16.7. The molecule has 2 amide bonds. The van der Waals surface area contributed by atoms with Crippen molar-refractivity contribution in [1.29, 1.82) is 0 Å². The fourth-order valence-corrected chi connectivity index (χ4v) is 3.32. The number of hydrogen-bond donors (Lipinski definition) is 2. The number of anilines is 1. The molecule has 2 aliphatic rings. The van der Waals surface area contributed by atoms with Crippen LogP contribution in [0.3, 0.4) is 0 Å². The van der Waals surface area contributed by atoms with Crippen LogP contribution in [-0.4, -0.2) is 66.4 Å². The Bertz CT molecular complexity index is 610. The van der Waals surface area contributed by atoms with E-state index in [4.69, 9.17) is 0 Å². The molecule has 3 rings (SSSR count). The molecule has 136 valence electrons. The molecule has 1 unspecified atom stereocenters. The lowest BCUT2D eigenvalue weighted by Crippen LogP contribution is -2.55. The Morgan fingerprint density at radius 2 is 1.80 bits per heavy atom. The van der Waals surface area contributed by atoms with Crippen LogP contribution < -0.4 is 10.6 Å². The van der Waals surface area contributed by atoms with Crippen molar-refractivity contribution in [3.05, 3.63) is 27.8 Å². The van der Waals surface area contributed by atoms with Gasteiger partial charge in [-0.15, -0.1) is 0 Å². The van der Waals surface area contributed by atoms with E-state index in [1.807, 2.05) is 31.2 Å². The molecule has 0 spiro atoms. The number of halogens is 1. The van der Waals surface area contributed by atoms with Gasteiger partial charge in [-0.05, 0) is 66.6 Å². The van der Waals surface area contributed by atoms with Crippen molar-refractivity contribution in [1.82, 2.24) is 15.1 Å². The van der Waals surface area contributed by atoms with Crippen molar-refractivity contribution in [3.63, 3.8) is 0 Å². The molecule has 1 saturated heterocycles. The van der Waals surface area contributed by atoms with Crippen LogP contribution >= 0.6 is 22.6 Å². The van der Waals surface area contributed by atoms with Crippen molar-refractivity contribution in [2.45, 2.75) is 31.8 Å². The van der Waals surface area contributed by atoms with Crippen molar-refractivity contribution in [3.8, 4) is 0 Å². The maximum Gasteiger partial charge on any atom is 0.238 e. The molecule has 1 atom stereocenters. The molecule has 0 bridgehead atoms. The lowest BCUT2D eigenvalue weighted by molar-refractivity contribution is -0.127. The van der Waals surface area contributed by atoms with Crippen LogP contribution in [-0.2, 0) is 9.59 Å². The summed E-state index contributed by atoms with van der Waals surface area (Å²) in [7, 11) is 0. The van der Waals surface area contributed by atoms with Gasteiger partial charge in [-0.2, -0.15) is 0 Å². The van der Waals surface area contributed by atoms with E-state index in [2.05, 4.69) is 43.0 Å². The minimum atomic E-state index is -0.0941. The molecule has 1 saturated carbocycles. The lowest BCUT2D eigenvalue weighted by atomic mass is 10.2. The predicted molar refractivity (Wildman–Crippen MR) is 106 cm³/mol. The van der Waals surface area contributed by atoms with Gasteiger partial charge in [0.15, 0.2) is 0 Å². The second-order valence-corrected chi connectivity index (χ2v) is 8.07. The van der Waals surface area contributed by atoms with Crippen LogP contribution in [0.15, 0.2) is 24.3 Å². The topological polar surface area (TPSA) is 64.7 Å². The summed E-state index contributed by atoms with van der Waals surface area (Å²) in [5, 5.41) is 6.00.